The molecule has 0 spiro atoms. The van der Waals surface area contributed by atoms with E-state index >= 15 is 0 Å². The number of methoxy groups -OCH3 is 1. The molecule has 1 heterocycles. The number of aryl methyl sites for hydroxylation is 1. The van der Waals surface area contributed by atoms with Crippen molar-refractivity contribution in [2.75, 3.05) is 7.11 Å². The lowest BCUT2D eigenvalue weighted by atomic mass is 10.2. The number of nitrogens with zero attached hydrogens (tertiary/aromatic N) is 1. The predicted octanol–water partition coefficient (Wildman–Crippen LogP) is 2.77. The van der Waals surface area contributed by atoms with Crippen LogP contribution in [0, 0.1) is 6.92 Å². The molecule has 0 aliphatic rings. The minimum atomic E-state index is -4.90. The summed E-state index contributed by atoms with van der Waals surface area (Å²) in [7, 11) is 1.15. The van der Waals surface area contributed by atoms with E-state index in [0.717, 1.165) is 13.3 Å². The van der Waals surface area contributed by atoms with Crippen LogP contribution in [-0.2, 0) is 6.67 Å². The Kier molecular flexibility index (Phi) is 3.56. The number of hydrogen-bond donors (Lipinski definition) is 0. The van der Waals surface area contributed by atoms with Crippen LogP contribution in [-0.4, -0.2) is 18.5 Å². The molecule has 0 fully saturated rings. The van der Waals surface area contributed by atoms with Crippen molar-refractivity contribution < 1.29 is 27.0 Å². The highest BCUT2D eigenvalue weighted by Gasteiger charge is 2.34. The van der Waals surface area contributed by atoms with Gasteiger partial charge in [-0.1, -0.05) is 0 Å². The summed E-state index contributed by atoms with van der Waals surface area (Å²) in [6, 6.07) is 0. The fourth-order valence-corrected chi connectivity index (χ4v) is 1.14. The van der Waals surface area contributed by atoms with Crippen LogP contribution in [0.4, 0.5) is 17.6 Å². The van der Waals surface area contributed by atoms with Crippen molar-refractivity contribution in [2.45, 2.75) is 20.0 Å². The molecule has 0 saturated heterocycles. The zero-order chi connectivity index (χ0) is 12.3. The van der Waals surface area contributed by atoms with Crippen LogP contribution in [0.2, 0.25) is 0 Å². The van der Waals surface area contributed by atoms with Gasteiger partial charge in [0.1, 0.15) is 6.67 Å². The van der Waals surface area contributed by atoms with E-state index in [1.807, 2.05) is 0 Å². The van der Waals surface area contributed by atoms with Gasteiger partial charge in [-0.05, 0) is 6.92 Å². The molecule has 0 atom stereocenters. The highest BCUT2D eigenvalue weighted by molar-refractivity contribution is 5.46. The number of alkyl halides is 4. The Morgan fingerprint density at radius 3 is 2.44 bits per heavy atom. The Morgan fingerprint density at radius 1 is 1.38 bits per heavy atom. The van der Waals surface area contributed by atoms with Crippen molar-refractivity contribution in [1.82, 2.24) is 4.98 Å². The third kappa shape index (κ3) is 2.74. The van der Waals surface area contributed by atoms with Gasteiger partial charge >= 0.3 is 6.36 Å². The zero-order valence-corrected chi connectivity index (χ0v) is 8.56. The monoisotopic (exact) mass is 239 g/mol. The molecule has 0 saturated carbocycles. The van der Waals surface area contributed by atoms with E-state index in [1.54, 1.807) is 0 Å². The van der Waals surface area contributed by atoms with E-state index in [9.17, 15) is 17.6 Å². The predicted molar refractivity (Wildman–Crippen MR) is 47.0 cm³/mol. The van der Waals surface area contributed by atoms with Crippen LogP contribution in [0.15, 0.2) is 6.20 Å². The zero-order valence-electron chi connectivity index (χ0n) is 8.56. The van der Waals surface area contributed by atoms with Crippen LogP contribution in [0.5, 0.6) is 11.5 Å². The Bertz CT molecular complexity index is 379. The lowest BCUT2D eigenvalue weighted by molar-refractivity contribution is -0.275. The molecule has 0 unspecified atom stereocenters. The van der Waals surface area contributed by atoms with E-state index in [1.165, 1.54) is 6.92 Å². The minimum absolute atomic E-state index is 0.127. The normalized spacial score (nSPS) is 11.4. The average molecular weight is 239 g/mol. The van der Waals surface area contributed by atoms with Crippen LogP contribution in [0.1, 0.15) is 11.3 Å². The molecule has 0 N–H and O–H groups in total. The first-order chi connectivity index (χ1) is 7.39. The van der Waals surface area contributed by atoms with Crippen molar-refractivity contribution in [2.24, 2.45) is 0 Å². The summed E-state index contributed by atoms with van der Waals surface area (Å²) in [5.74, 6) is -0.930. The van der Waals surface area contributed by atoms with E-state index in [2.05, 4.69) is 14.5 Å². The molecule has 7 heteroatoms. The number of rotatable bonds is 3. The summed E-state index contributed by atoms with van der Waals surface area (Å²) in [6.45, 7) is 0.277. The van der Waals surface area contributed by atoms with Gasteiger partial charge in [0, 0.05) is 5.69 Å². The molecule has 0 radical (unpaired) electrons. The van der Waals surface area contributed by atoms with Gasteiger partial charge in [-0.15, -0.1) is 13.2 Å². The molecule has 1 aromatic rings. The van der Waals surface area contributed by atoms with Gasteiger partial charge in [-0.2, -0.15) is 0 Å². The van der Waals surface area contributed by atoms with Crippen molar-refractivity contribution in [3.05, 3.63) is 17.5 Å². The van der Waals surface area contributed by atoms with Crippen LogP contribution < -0.4 is 9.47 Å². The van der Waals surface area contributed by atoms with Crippen LogP contribution >= 0.6 is 0 Å². The van der Waals surface area contributed by atoms with E-state index < -0.39 is 18.8 Å². The van der Waals surface area contributed by atoms with Gasteiger partial charge in [0.2, 0.25) is 0 Å². The highest BCUT2D eigenvalue weighted by atomic mass is 19.4. The molecule has 16 heavy (non-hydrogen) atoms. The first-order valence-electron chi connectivity index (χ1n) is 4.23. The fourth-order valence-electron chi connectivity index (χ4n) is 1.14. The fraction of sp³-hybridized carbons (Fsp3) is 0.444. The second kappa shape index (κ2) is 4.54. The summed E-state index contributed by atoms with van der Waals surface area (Å²) in [6.07, 6.45) is -3.85. The maximum absolute atomic E-state index is 12.6. The number of halogens is 4. The molecule has 3 nitrogen and oxygen atoms in total. The third-order valence-electron chi connectivity index (χ3n) is 1.88. The summed E-state index contributed by atoms with van der Waals surface area (Å²) >= 11 is 0. The second-order valence-corrected chi connectivity index (χ2v) is 2.90. The van der Waals surface area contributed by atoms with Gasteiger partial charge in [0.25, 0.3) is 0 Å². The Balaban J connectivity index is 3.25. The number of ether oxygens (including phenoxy) is 2. The molecular weight excluding hydrogens is 230 g/mol. The molecule has 1 aromatic heterocycles. The Labute approximate surface area is 89.0 Å². The van der Waals surface area contributed by atoms with Gasteiger partial charge in [-0.3, -0.25) is 4.98 Å². The van der Waals surface area contributed by atoms with Crippen LogP contribution in [0.3, 0.4) is 0 Å². The summed E-state index contributed by atoms with van der Waals surface area (Å²) in [4.78, 5) is 3.70. The van der Waals surface area contributed by atoms with Gasteiger partial charge < -0.3 is 9.47 Å². The molecule has 0 bridgehead atoms. The maximum atomic E-state index is 12.6. The smallest absolute Gasteiger partial charge is 0.491 e. The quantitative estimate of drug-likeness (QED) is 0.760. The van der Waals surface area contributed by atoms with E-state index in [-0.39, 0.29) is 17.0 Å². The molecule has 90 valence electrons. The van der Waals surface area contributed by atoms with Gasteiger partial charge in [0.05, 0.1) is 18.9 Å². The van der Waals surface area contributed by atoms with Crippen molar-refractivity contribution in [1.29, 1.82) is 0 Å². The largest absolute Gasteiger partial charge is 0.573 e. The van der Waals surface area contributed by atoms with Crippen molar-refractivity contribution in [3.8, 4) is 11.5 Å². The first kappa shape index (κ1) is 12.5. The second-order valence-electron chi connectivity index (χ2n) is 2.90. The minimum Gasteiger partial charge on any atom is -0.491 e. The lowest BCUT2D eigenvalue weighted by Crippen LogP contribution is -2.19. The summed E-state index contributed by atoms with van der Waals surface area (Å²) in [5.41, 5.74) is -0.140. The average Bonchev–Trinajstić information content (AvgIpc) is 2.16. The van der Waals surface area contributed by atoms with E-state index in [0.29, 0.717) is 0 Å². The number of aromatic nitrogens is 1. The lowest BCUT2D eigenvalue weighted by Gasteiger charge is -2.15. The molecule has 0 aromatic carbocycles. The maximum Gasteiger partial charge on any atom is 0.573 e. The standard InChI is InChI=1S/C9H9F4NO2/c1-5-6(3-10)8(16-9(11,12)13)7(15-2)4-14-5/h4H,3H2,1-2H3. The molecular formula is C9H9F4NO2. The molecule has 0 aliphatic carbocycles. The molecule has 0 amide bonds. The third-order valence-corrected chi connectivity index (χ3v) is 1.88. The summed E-state index contributed by atoms with van der Waals surface area (Å²) in [5, 5.41) is 0. The molecule has 0 aliphatic heterocycles. The van der Waals surface area contributed by atoms with Gasteiger partial charge in [0.15, 0.2) is 11.5 Å². The van der Waals surface area contributed by atoms with Crippen molar-refractivity contribution >= 4 is 0 Å². The van der Waals surface area contributed by atoms with Gasteiger partial charge in [-0.25, -0.2) is 4.39 Å². The number of pyridine rings is 1. The van der Waals surface area contributed by atoms with Crippen LogP contribution in [0.25, 0.3) is 0 Å². The highest BCUT2D eigenvalue weighted by Crippen LogP contribution is 2.36. The van der Waals surface area contributed by atoms with Crippen molar-refractivity contribution in [3.63, 3.8) is 0 Å². The van der Waals surface area contributed by atoms with E-state index in [4.69, 9.17) is 0 Å². The summed E-state index contributed by atoms with van der Waals surface area (Å²) < 4.78 is 57.2. The topological polar surface area (TPSA) is 31.4 Å². The first-order valence-corrected chi connectivity index (χ1v) is 4.23. The molecule has 1 rings (SSSR count). The SMILES string of the molecule is COc1cnc(C)c(CF)c1OC(F)(F)F. The Morgan fingerprint density at radius 2 is 2.00 bits per heavy atom. The number of hydrogen-bond acceptors (Lipinski definition) is 3. The Hall–Kier alpha value is -1.53.